The Bertz CT molecular complexity index is 620. The third kappa shape index (κ3) is 3.40. The summed E-state index contributed by atoms with van der Waals surface area (Å²) in [6, 6.07) is 10.2. The van der Waals surface area contributed by atoms with Crippen molar-refractivity contribution < 1.29 is 4.42 Å². The molecule has 104 valence electrons. The van der Waals surface area contributed by atoms with Crippen molar-refractivity contribution in [2.75, 3.05) is 0 Å². The van der Waals surface area contributed by atoms with Gasteiger partial charge in [-0.2, -0.15) is 5.26 Å². The van der Waals surface area contributed by atoms with Crippen LogP contribution in [0.1, 0.15) is 33.3 Å². The highest BCUT2D eigenvalue weighted by Crippen LogP contribution is 2.28. The quantitative estimate of drug-likeness (QED) is 0.797. The Hall–Kier alpha value is -1.80. The summed E-state index contributed by atoms with van der Waals surface area (Å²) in [6.07, 6.45) is 0. The van der Waals surface area contributed by atoms with E-state index < -0.39 is 0 Å². The maximum absolute atomic E-state index is 8.77. The molecule has 1 aromatic carbocycles. The molecule has 0 unspecified atom stereocenters. The van der Waals surface area contributed by atoms with E-state index in [1.54, 1.807) is 6.92 Å². The number of nitriles is 1. The summed E-state index contributed by atoms with van der Waals surface area (Å²) in [5.41, 5.74) is 2.27. The minimum absolute atomic E-state index is 0.122. The summed E-state index contributed by atoms with van der Waals surface area (Å²) in [5.74, 6) is 0.484. The summed E-state index contributed by atoms with van der Waals surface area (Å²) >= 11 is 1.27. The molecule has 20 heavy (non-hydrogen) atoms. The standard InChI is InChI=1S/C15H17N3OS/c1-10(9-16)20-14-18-17-13(19-14)11-5-7-12(8-6-11)15(2,3)4/h5-8,10H,1-4H3/t10-/m0/s1. The van der Waals surface area contributed by atoms with Crippen molar-refractivity contribution in [3.05, 3.63) is 29.8 Å². The number of hydrogen-bond acceptors (Lipinski definition) is 5. The molecule has 2 aromatic rings. The first-order chi connectivity index (χ1) is 9.40. The van der Waals surface area contributed by atoms with Crippen LogP contribution in [0, 0.1) is 11.3 Å². The lowest BCUT2D eigenvalue weighted by molar-refractivity contribution is 0.465. The van der Waals surface area contributed by atoms with Crippen LogP contribution >= 0.6 is 11.8 Å². The van der Waals surface area contributed by atoms with Gasteiger partial charge in [-0.05, 0) is 41.8 Å². The van der Waals surface area contributed by atoms with Gasteiger partial charge in [-0.1, -0.05) is 32.9 Å². The van der Waals surface area contributed by atoms with Crippen molar-refractivity contribution in [2.45, 2.75) is 43.6 Å². The van der Waals surface area contributed by atoms with Gasteiger partial charge in [-0.3, -0.25) is 0 Å². The highest BCUT2D eigenvalue weighted by atomic mass is 32.2. The van der Waals surface area contributed by atoms with E-state index in [4.69, 9.17) is 9.68 Å². The van der Waals surface area contributed by atoms with Gasteiger partial charge in [-0.25, -0.2) is 0 Å². The maximum atomic E-state index is 8.77. The van der Waals surface area contributed by atoms with E-state index in [9.17, 15) is 0 Å². The Morgan fingerprint density at radius 3 is 2.40 bits per heavy atom. The molecule has 0 amide bonds. The van der Waals surface area contributed by atoms with Crippen molar-refractivity contribution >= 4 is 11.8 Å². The van der Waals surface area contributed by atoms with Gasteiger partial charge in [0, 0.05) is 5.56 Å². The number of hydrogen-bond donors (Lipinski definition) is 0. The van der Waals surface area contributed by atoms with Crippen LogP contribution in [0.5, 0.6) is 0 Å². The molecule has 0 aliphatic rings. The van der Waals surface area contributed by atoms with Crippen molar-refractivity contribution in [1.29, 1.82) is 5.26 Å². The Labute approximate surface area is 123 Å². The van der Waals surface area contributed by atoms with E-state index in [0.717, 1.165) is 5.56 Å². The van der Waals surface area contributed by atoms with Gasteiger partial charge >= 0.3 is 0 Å². The molecule has 0 aliphatic heterocycles. The monoisotopic (exact) mass is 287 g/mol. The molecule has 5 heteroatoms. The summed E-state index contributed by atoms with van der Waals surface area (Å²) in [7, 11) is 0. The largest absolute Gasteiger partial charge is 0.411 e. The van der Waals surface area contributed by atoms with Gasteiger partial charge < -0.3 is 4.42 Å². The summed E-state index contributed by atoms with van der Waals surface area (Å²) in [5, 5.41) is 17.0. The van der Waals surface area contributed by atoms with Crippen LogP contribution in [0.25, 0.3) is 11.5 Å². The Kier molecular flexibility index (Phi) is 4.15. The number of benzene rings is 1. The van der Waals surface area contributed by atoms with Crippen molar-refractivity contribution in [3.8, 4) is 17.5 Å². The van der Waals surface area contributed by atoms with Crippen LogP contribution in [0.15, 0.2) is 33.9 Å². The zero-order chi connectivity index (χ0) is 14.8. The van der Waals surface area contributed by atoms with Crippen LogP contribution in [0.3, 0.4) is 0 Å². The maximum Gasteiger partial charge on any atom is 0.278 e. The van der Waals surface area contributed by atoms with E-state index in [0.29, 0.717) is 11.1 Å². The lowest BCUT2D eigenvalue weighted by Crippen LogP contribution is -2.10. The van der Waals surface area contributed by atoms with Crippen LogP contribution in [-0.4, -0.2) is 15.4 Å². The second-order valence-electron chi connectivity index (χ2n) is 5.59. The van der Waals surface area contributed by atoms with Gasteiger partial charge in [0.1, 0.15) is 0 Å². The molecule has 0 bridgehead atoms. The molecule has 2 rings (SSSR count). The number of nitrogens with zero attached hydrogens (tertiary/aromatic N) is 3. The van der Waals surface area contributed by atoms with Crippen molar-refractivity contribution in [3.63, 3.8) is 0 Å². The lowest BCUT2D eigenvalue weighted by Gasteiger charge is -2.18. The van der Waals surface area contributed by atoms with Crippen molar-refractivity contribution in [2.24, 2.45) is 0 Å². The van der Waals surface area contributed by atoms with E-state index in [1.165, 1.54) is 17.3 Å². The number of rotatable bonds is 3. The molecular formula is C15H17N3OS. The molecule has 0 aliphatic carbocycles. The van der Waals surface area contributed by atoms with Gasteiger partial charge in [0.05, 0.1) is 11.3 Å². The topological polar surface area (TPSA) is 62.7 Å². The first-order valence-corrected chi connectivity index (χ1v) is 7.29. The molecule has 1 aromatic heterocycles. The Balaban J connectivity index is 2.19. The van der Waals surface area contributed by atoms with Crippen LogP contribution < -0.4 is 0 Å². The van der Waals surface area contributed by atoms with E-state index in [1.807, 2.05) is 12.1 Å². The first-order valence-electron chi connectivity index (χ1n) is 6.41. The van der Waals surface area contributed by atoms with Crippen LogP contribution in [0.4, 0.5) is 0 Å². The third-order valence-electron chi connectivity index (χ3n) is 2.86. The molecule has 1 heterocycles. The molecule has 0 fully saturated rings. The van der Waals surface area contributed by atoms with E-state index in [-0.39, 0.29) is 10.7 Å². The lowest BCUT2D eigenvalue weighted by atomic mass is 9.87. The average molecular weight is 287 g/mol. The fourth-order valence-electron chi connectivity index (χ4n) is 1.66. The van der Waals surface area contributed by atoms with Crippen LogP contribution in [0.2, 0.25) is 0 Å². The SMILES string of the molecule is C[C@@H](C#N)Sc1nnc(-c2ccc(C(C)(C)C)cc2)o1. The Morgan fingerprint density at radius 2 is 1.85 bits per heavy atom. The van der Waals surface area contributed by atoms with Crippen LogP contribution in [-0.2, 0) is 5.41 Å². The minimum Gasteiger partial charge on any atom is -0.411 e. The number of aromatic nitrogens is 2. The molecule has 0 N–H and O–H groups in total. The summed E-state index contributed by atoms with van der Waals surface area (Å²) in [4.78, 5) is 0. The van der Waals surface area contributed by atoms with Gasteiger partial charge in [0.25, 0.3) is 5.22 Å². The minimum atomic E-state index is -0.202. The predicted octanol–water partition coefficient (Wildman–Crippen LogP) is 4.04. The second kappa shape index (κ2) is 5.68. The normalized spacial score (nSPS) is 12.9. The van der Waals surface area contributed by atoms with Gasteiger partial charge in [-0.15, -0.1) is 10.2 Å². The first kappa shape index (κ1) is 14.6. The zero-order valence-corrected chi connectivity index (χ0v) is 12.9. The zero-order valence-electron chi connectivity index (χ0n) is 12.0. The summed E-state index contributed by atoms with van der Waals surface area (Å²) < 4.78 is 5.56. The molecule has 0 radical (unpaired) electrons. The van der Waals surface area contributed by atoms with Gasteiger partial charge in [0.15, 0.2) is 0 Å². The van der Waals surface area contributed by atoms with E-state index in [2.05, 4.69) is 49.2 Å². The molecule has 0 spiro atoms. The highest BCUT2D eigenvalue weighted by molar-refractivity contribution is 7.99. The molecule has 4 nitrogen and oxygen atoms in total. The fraction of sp³-hybridized carbons (Fsp3) is 0.400. The molecule has 0 saturated carbocycles. The van der Waals surface area contributed by atoms with Crippen molar-refractivity contribution in [1.82, 2.24) is 10.2 Å². The van der Waals surface area contributed by atoms with Gasteiger partial charge in [0.2, 0.25) is 5.89 Å². The third-order valence-corrected chi connectivity index (χ3v) is 3.69. The molecule has 1 atom stereocenters. The highest BCUT2D eigenvalue weighted by Gasteiger charge is 2.15. The van der Waals surface area contributed by atoms with E-state index >= 15 is 0 Å². The summed E-state index contributed by atoms with van der Waals surface area (Å²) in [6.45, 7) is 8.32. The molecule has 0 saturated heterocycles. The number of thioether (sulfide) groups is 1. The Morgan fingerprint density at radius 1 is 1.20 bits per heavy atom. The smallest absolute Gasteiger partial charge is 0.278 e. The average Bonchev–Trinajstić information content (AvgIpc) is 2.86. The predicted molar refractivity (Wildman–Crippen MR) is 79.4 cm³/mol. The second-order valence-corrected chi connectivity index (χ2v) is 6.88. The fourth-order valence-corrected chi connectivity index (χ4v) is 2.23. The molecular weight excluding hydrogens is 270 g/mol.